The second kappa shape index (κ2) is 8.92. The third-order valence-electron chi connectivity index (χ3n) is 5.88. The number of hydrogen-bond acceptors (Lipinski definition) is 3. The number of hydrogen-bond donors (Lipinski definition) is 2. The first kappa shape index (κ1) is 20.5. The van der Waals surface area contributed by atoms with Crippen LogP contribution in [-0.4, -0.2) is 24.0 Å². The summed E-state index contributed by atoms with van der Waals surface area (Å²) < 4.78 is 5.99. The molecular formula is C24H25ClN2O3. The number of ether oxygens (including phenoxy) is 1. The summed E-state index contributed by atoms with van der Waals surface area (Å²) in [6.45, 7) is 2.55. The number of carbonyl (C=O) groups excluding carboxylic acids is 2. The average molecular weight is 425 g/mol. The predicted octanol–water partition coefficient (Wildman–Crippen LogP) is 3.99. The minimum absolute atomic E-state index is 0.0309. The van der Waals surface area contributed by atoms with Gasteiger partial charge in [-0.05, 0) is 55.0 Å². The fourth-order valence-electron chi connectivity index (χ4n) is 4.10. The molecule has 1 aliphatic carbocycles. The maximum atomic E-state index is 12.7. The molecule has 0 bridgehead atoms. The molecule has 4 rings (SSSR count). The lowest BCUT2D eigenvalue weighted by Gasteiger charge is -2.39. The molecule has 2 aromatic rings. The summed E-state index contributed by atoms with van der Waals surface area (Å²) in [6, 6.07) is 15.2. The van der Waals surface area contributed by atoms with Crippen molar-refractivity contribution in [3.05, 3.63) is 76.0 Å². The molecule has 156 valence electrons. The molecule has 30 heavy (non-hydrogen) atoms. The molecule has 2 aromatic carbocycles. The molecule has 1 saturated heterocycles. The van der Waals surface area contributed by atoms with Gasteiger partial charge in [-0.15, -0.1) is 0 Å². The van der Waals surface area contributed by atoms with Crippen molar-refractivity contribution in [1.29, 1.82) is 0 Å². The Labute approximate surface area is 181 Å². The largest absolute Gasteiger partial charge is 0.483 e. The van der Waals surface area contributed by atoms with Crippen molar-refractivity contribution in [3.63, 3.8) is 0 Å². The number of morpholine rings is 1. The van der Waals surface area contributed by atoms with Crippen molar-refractivity contribution >= 4 is 29.5 Å². The van der Waals surface area contributed by atoms with Crippen LogP contribution < -0.4 is 10.6 Å². The van der Waals surface area contributed by atoms with Crippen LogP contribution >= 0.6 is 11.6 Å². The number of fused-ring (bicyclic) bond motifs is 1. The van der Waals surface area contributed by atoms with Crippen molar-refractivity contribution in [3.8, 4) is 0 Å². The van der Waals surface area contributed by atoms with Gasteiger partial charge in [0.1, 0.15) is 6.10 Å². The lowest BCUT2D eigenvalue weighted by atomic mass is 9.82. The fraction of sp³-hybridized carbons (Fsp3) is 0.333. The Balaban J connectivity index is 1.36. The molecule has 6 heteroatoms. The zero-order valence-electron chi connectivity index (χ0n) is 16.9. The fourth-order valence-corrected chi connectivity index (χ4v) is 4.29. The van der Waals surface area contributed by atoms with E-state index in [9.17, 15) is 9.59 Å². The van der Waals surface area contributed by atoms with E-state index >= 15 is 0 Å². The molecule has 3 atom stereocenters. The van der Waals surface area contributed by atoms with Crippen molar-refractivity contribution in [2.24, 2.45) is 5.92 Å². The maximum Gasteiger partial charge on any atom is 0.286 e. The van der Waals surface area contributed by atoms with Crippen LogP contribution in [0.1, 0.15) is 36.0 Å². The van der Waals surface area contributed by atoms with E-state index in [1.807, 2.05) is 49.4 Å². The van der Waals surface area contributed by atoms with Gasteiger partial charge in [0, 0.05) is 17.5 Å². The van der Waals surface area contributed by atoms with Crippen molar-refractivity contribution in [2.75, 3.05) is 0 Å². The van der Waals surface area contributed by atoms with Crippen LogP contribution in [0.3, 0.4) is 0 Å². The summed E-state index contributed by atoms with van der Waals surface area (Å²) >= 11 is 6.19. The summed E-state index contributed by atoms with van der Waals surface area (Å²) in [5.74, 6) is -0.0967. The van der Waals surface area contributed by atoms with Crippen molar-refractivity contribution in [1.82, 2.24) is 10.6 Å². The Morgan fingerprint density at radius 2 is 1.97 bits per heavy atom. The zero-order chi connectivity index (χ0) is 21.1. The number of carbonyl (C=O) groups is 2. The van der Waals surface area contributed by atoms with E-state index in [1.165, 1.54) is 0 Å². The molecule has 2 aliphatic rings. The van der Waals surface area contributed by atoms with Gasteiger partial charge in [0.15, 0.2) is 5.76 Å². The minimum Gasteiger partial charge on any atom is -0.483 e. The molecule has 1 saturated carbocycles. The first-order valence-electron chi connectivity index (χ1n) is 10.3. The predicted molar refractivity (Wildman–Crippen MR) is 117 cm³/mol. The Morgan fingerprint density at radius 1 is 1.20 bits per heavy atom. The zero-order valence-corrected chi connectivity index (χ0v) is 17.6. The van der Waals surface area contributed by atoms with Gasteiger partial charge in [-0.2, -0.15) is 0 Å². The smallest absolute Gasteiger partial charge is 0.286 e. The quantitative estimate of drug-likeness (QED) is 0.729. The Bertz CT molecular complexity index is 988. The van der Waals surface area contributed by atoms with Gasteiger partial charge in [-0.1, -0.05) is 54.1 Å². The van der Waals surface area contributed by atoms with Crippen molar-refractivity contribution < 1.29 is 14.3 Å². The lowest BCUT2D eigenvalue weighted by Crippen LogP contribution is -2.54. The van der Waals surface area contributed by atoms with E-state index in [2.05, 4.69) is 10.6 Å². The highest BCUT2D eigenvalue weighted by molar-refractivity contribution is 6.32. The van der Waals surface area contributed by atoms with Crippen LogP contribution in [0.4, 0.5) is 0 Å². The molecule has 0 radical (unpaired) electrons. The summed E-state index contributed by atoms with van der Waals surface area (Å²) in [5, 5.41) is 6.63. The molecule has 1 heterocycles. The molecule has 1 aliphatic heterocycles. The summed E-state index contributed by atoms with van der Waals surface area (Å²) in [6.07, 6.45) is 3.57. The van der Waals surface area contributed by atoms with Crippen molar-refractivity contribution in [2.45, 2.75) is 44.9 Å². The van der Waals surface area contributed by atoms with Gasteiger partial charge < -0.3 is 15.4 Å². The maximum absolute atomic E-state index is 12.7. The van der Waals surface area contributed by atoms with E-state index in [1.54, 1.807) is 12.1 Å². The van der Waals surface area contributed by atoms with Gasteiger partial charge in [-0.3, -0.25) is 9.59 Å². The third kappa shape index (κ3) is 4.51. The number of halogens is 1. The van der Waals surface area contributed by atoms with E-state index < -0.39 is 0 Å². The second-order valence-electron chi connectivity index (χ2n) is 7.92. The molecule has 5 nitrogen and oxygen atoms in total. The molecule has 2 fully saturated rings. The van der Waals surface area contributed by atoms with Gasteiger partial charge >= 0.3 is 0 Å². The normalized spacial score (nSPS) is 24.5. The summed E-state index contributed by atoms with van der Waals surface area (Å²) in [5.41, 5.74) is 3.02. The van der Waals surface area contributed by atoms with E-state index in [-0.39, 0.29) is 35.6 Å². The number of amides is 2. The first-order chi connectivity index (χ1) is 14.5. The Morgan fingerprint density at radius 3 is 2.77 bits per heavy atom. The topological polar surface area (TPSA) is 67.4 Å². The minimum atomic E-state index is -0.267. The number of rotatable bonds is 4. The van der Waals surface area contributed by atoms with E-state index in [0.717, 1.165) is 23.1 Å². The molecule has 2 amide bonds. The van der Waals surface area contributed by atoms with Gasteiger partial charge in [0.05, 0.1) is 6.04 Å². The van der Waals surface area contributed by atoms with Gasteiger partial charge in [0.2, 0.25) is 5.91 Å². The summed E-state index contributed by atoms with van der Waals surface area (Å²) in [7, 11) is 0. The Kier molecular flexibility index (Phi) is 6.09. The standard InChI is InChI=1S/C24H25ClN2O3/c1-15-6-2-3-8-18(15)14-26-23(28)17-10-11-21-20(12-17)27-24(29)22(30-21)13-16-7-4-5-9-19(16)25/h2-9,13,17,20-21H,10-12,14H2,1H3,(H,26,28)(H,27,29)/b22-13-. The van der Waals surface area contributed by atoms with Crippen LogP contribution in [0.5, 0.6) is 0 Å². The highest BCUT2D eigenvalue weighted by Gasteiger charge is 2.40. The van der Waals surface area contributed by atoms with Crippen LogP contribution in [0.15, 0.2) is 54.3 Å². The lowest BCUT2D eigenvalue weighted by molar-refractivity contribution is -0.134. The molecule has 3 unspecified atom stereocenters. The second-order valence-corrected chi connectivity index (χ2v) is 8.33. The molecule has 2 N–H and O–H groups in total. The molecule has 0 aromatic heterocycles. The Hall–Kier alpha value is -2.79. The van der Waals surface area contributed by atoms with Crippen LogP contribution in [0, 0.1) is 12.8 Å². The first-order valence-corrected chi connectivity index (χ1v) is 10.6. The monoisotopic (exact) mass is 424 g/mol. The average Bonchev–Trinajstić information content (AvgIpc) is 2.74. The third-order valence-corrected chi connectivity index (χ3v) is 6.23. The van der Waals surface area contributed by atoms with Crippen LogP contribution in [0.25, 0.3) is 6.08 Å². The molecular weight excluding hydrogens is 400 g/mol. The van der Waals surface area contributed by atoms with Crippen LogP contribution in [-0.2, 0) is 20.9 Å². The SMILES string of the molecule is Cc1ccccc1CNC(=O)C1CCC2O/C(=C\c3ccccc3Cl)C(=O)NC2C1. The van der Waals surface area contributed by atoms with Gasteiger partial charge in [0.25, 0.3) is 5.91 Å². The molecule has 0 spiro atoms. The van der Waals surface area contributed by atoms with E-state index in [4.69, 9.17) is 16.3 Å². The summed E-state index contributed by atoms with van der Waals surface area (Å²) in [4.78, 5) is 25.2. The van der Waals surface area contributed by atoms with E-state index in [0.29, 0.717) is 24.4 Å². The number of nitrogens with one attached hydrogen (secondary N) is 2. The number of benzene rings is 2. The number of aryl methyl sites for hydroxylation is 1. The highest BCUT2D eigenvalue weighted by atomic mass is 35.5. The van der Waals surface area contributed by atoms with Gasteiger partial charge in [-0.25, -0.2) is 0 Å². The highest BCUT2D eigenvalue weighted by Crippen LogP contribution is 2.32. The van der Waals surface area contributed by atoms with Crippen LogP contribution in [0.2, 0.25) is 5.02 Å².